The second kappa shape index (κ2) is 2.78. The fourth-order valence-corrected chi connectivity index (χ4v) is 0.220. The Bertz CT molecular complexity index is 78.9. The van der Waals surface area contributed by atoms with Gasteiger partial charge in [0.05, 0.1) is 0 Å². The predicted octanol–water partition coefficient (Wildman–Crippen LogP) is -0.0848. The van der Waals surface area contributed by atoms with Crippen LogP contribution in [0.3, 0.4) is 0 Å². The van der Waals surface area contributed by atoms with Gasteiger partial charge in [0.25, 0.3) is 0 Å². The van der Waals surface area contributed by atoms with Crippen molar-refractivity contribution in [2.24, 2.45) is 5.73 Å². The van der Waals surface area contributed by atoms with E-state index in [4.69, 9.17) is 0 Å². The number of hydrogen-bond donors (Lipinski definition) is 2. The van der Waals surface area contributed by atoms with Gasteiger partial charge in [-0.05, 0) is 5.41 Å². The monoisotopic (exact) mass is 103 g/mol. The van der Waals surface area contributed by atoms with E-state index in [0.29, 0.717) is 0 Å². The highest BCUT2D eigenvalue weighted by molar-refractivity contribution is 7.83. The van der Waals surface area contributed by atoms with Gasteiger partial charge < -0.3 is 5.73 Å². The molecule has 0 bridgehead atoms. The molecular formula is C3H5NOS. The first-order valence-corrected chi connectivity index (χ1v) is 1.89. The van der Waals surface area contributed by atoms with E-state index in [2.05, 4.69) is 18.4 Å². The molecule has 0 fully saturated rings. The van der Waals surface area contributed by atoms with Crippen molar-refractivity contribution in [3.05, 3.63) is 11.5 Å². The van der Waals surface area contributed by atoms with Crippen molar-refractivity contribution in [2.75, 3.05) is 0 Å². The highest BCUT2D eigenvalue weighted by Crippen LogP contribution is 1.71. The normalized spacial score (nSPS) is 9.50. The topological polar surface area (TPSA) is 43.1 Å². The Labute approximate surface area is 41.4 Å². The molecule has 1 amide bonds. The maximum atomic E-state index is 9.69. The first-order valence-electron chi connectivity index (χ1n) is 1.37. The summed E-state index contributed by atoms with van der Waals surface area (Å²) in [4.78, 5) is 9.69. The number of nitrogens with two attached hydrogens (primary N) is 1. The van der Waals surface area contributed by atoms with Crippen LogP contribution in [-0.2, 0) is 4.79 Å². The Balaban J connectivity index is 3.30. The summed E-state index contributed by atoms with van der Waals surface area (Å²) in [6.07, 6.45) is 1.17. The van der Waals surface area contributed by atoms with Crippen LogP contribution in [0.25, 0.3) is 0 Å². The standard InChI is InChI=1S/C3H5NOS/c4-3(5)1-2-6/h1-2,6H,(H2,4,5)/b2-1-. The molecule has 0 spiro atoms. The third kappa shape index (κ3) is 3.56. The summed E-state index contributed by atoms with van der Waals surface area (Å²) in [5.41, 5.74) is 4.63. The van der Waals surface area contributed by atoms with Gasteiger partial charge in [-0.3, -0.25) is 4.79 Å². The molecule has 0 aliphatic rings. The lowest BCUT2D eigenvalue weighted by Crippen LogP contribution is -2.04. The van der Waals surface area contributed by atoms with E-state index in [0.717, 1.165) is 0 Å². The van der Waals surface area contributed by atoms with Gasteiger partial charge in [-0.15, -0.1) is 0 Å². The molecule has 0 radical (unpaired) electrons. The highest BCUT2D eigenvalue weighted by atomic mass is 32.1. The minimum atomic E-state index is -0.468. The summed E-state index contributed by atoms with van der Waals surface area (Å²) in [7, 11) is 0. The van der Waals surface area contributed by atoms with Crippen molar-refractivity contribution < 1.29 is 4.79 Å². The summed E-state index contributed by atoms with van der Waals surface area (Å²) in [5.74, 6) is -0.468. The Morgan fingerprint density at radius 2 is 2.33 bits per heavy atom. The van der Waals surface area contributed by atoms with E-state index < -0.39 is 5.91 Å². The molecule has 0 atom stereocenters. The molecule has 0 aromatic carbocycles. The molecule has 0 aromatic heterocycles. The van der Waals surface area contributed by atoms with Gasteiger partial charge >= 0.3 is 0 Å². The summed E-state index contributed by atoms with van der Waals surface area (Å²) >= 11 is 3.58. The molecule has 0 saturated carbocycles. The lowest BCUT2D eigenvalue weighted by atomic mass is 10.6. The first kappa shape index (κ1) is 5.56. The Morgan fingerprint density at radius 1 is 1.83 bits per heavy atom. The van der Waals surface area contributed by atoms with Crippen LogP contribution < -0.4 is 5.73 Å². The van der Waals surface area contributed by atoms with Crippen LogP contribution in [0.15, 0.2) is 11.5 Å². The van der Waals surface area contributed by atoms with E-state index in [1.165, 1.54) is 11.5 Å². The van der Waals surface area contributed by atoms with Crippen molar-refractivity contribution in [3.63, 3.8) is 0 Å². The van der Waals surface area contributed by atoms with E-state index >= 15 is 0 Å². The SMILES string of the molecule is NC(=O)/C=C\S. The second-order valence-electron chi connectivity index (χ2n) is 0.718. The smallest absolute Gasteiger partial charge is 0.241 e. The van der Waals surface area contributed by atoms with Crippen LogP contribution in [0.2, 0.25) is 0 Å². The Morgan fingerprint density at radius 3 is 2.33 bits per heavy atom. The number of rotatable bonds is 1. The van der Waals surface area contributed by atoms with Gasteiger partial charge in [0.15, 0.2) is 0 Å². The van der Waals surface area contributed by atoms with E-state index in [-0.39, 0.29) is 0 Å². The van der Waals surface area contributed by atoms with Crippen molar-refractivity contribution in [1.29, 1.82) is 0 Å². The number of amides is 1. The molecule has 2 nitrogen and oxygen atoms in total. The third-order valence-corrected chi connectivity index (χ3v) is 0.388. The van der Waals surface area contributed by atoms with Crippen molar-refractivity contribution >= 4 is 18.5 Å². The number of carbonyl (C=O) groups excluding carboxylic acids is 1. The lowest BCUT2D eigenvalue weighted by Gasteiger charge is -1.69. The van der Waals surface area contributed by atoms with Gasteiger partial charge in [-0.2, -0.15) is 12.6 Å². The summed E-state index contributed by atoms with van der Waals surface area (Å²) in [6, 6.07) is 0. The van der Waals surface area contributed by atoms with Gasteiger partial charge in [0, 0.05) is 6.08 Å². The van der Waals surface area contributed by atoms with E-state index in [1.807, 2.05) is 0 Å². The maximum Gasteiger partial charge on any atom is 0.241 e. The zero-order chi connectivity index (χ0) is 4.99. The van der Waals surface area contributed by atoms with E-state index in [9.17, 15) is 4.79 Å². The third-order valence-electron chi connectivity index (χ3n) is 0.239. The first-order chi connectivity index (χ1) is 2.77. The molecule has 0 rings (SSSR count). The molecule has 0 unspecified atom stereocenters. The summed E-state index contributed by atoms with van der Waals surface area (Å²) < 4.78 is 0. The average Bonchev–Trinajstić information content (AvgIpc) is 1.35. The molecular weight excluding hydrogens is 98.1 g/mol. The quantitative estimate of drug-likeness (QED) is 0.353. The van der Waals surface area contributed by atoms with Crippen LogP contribution in [0.4, 0.5) is 0 Å². The molecule has 0 aliphatic heterocycles. The van der Waals surface area contributed by atoms with E-state index in [1.54, 1.807) is 0 Å². The van der Waals surface area contributed by atoms with Gasteiger partial charge in [-0.1, -0.05) is 0 Å². The molecule has 6 heavy (non-hydrogen) atoms. The van der Waals surface area contributed by atoms with Gasteiger partial charge in [-0.25, -0.2) is 0 Å². The van der Waals surface area contributed by atoms with Crippen LogP contribution in [0.1, 0.15) is 0 Å². The summed E-state index contributed by atoms with van der Waals surface area (Å²) in [5, 5.41) is 1.29. The van der Waals surface area contributed by atoms with Crippen molar-refractivity contribution in [3.8, 4) is 0 Å². The lowest BCUT2D eigenvalue weighted by molar-refractivity contribution is -0.113. The number of carbonyl (C=O) groups is 1. The second-order valence-corrected chi connectivity index (χ2v) is 1.02. The molecule has 2 N–H and O–H groups in total. The fraction of sp³-hybridized carbons (Fsp3) is 0. The van der Waals surface area contributed by atoms with Crippen LogP contribution in [-0.4, -0.2) is 5.91 Å². The van der Waals surface area contributed by atoms with Crippen LogP contribution in [0, 0.1) is 0 Å². The van der Waals surface area contributed by atoms with Gasteiger partial charge in [0.2, 0.25) is 5.91 Å². The van der Waals surface area contributed by atoms with Crippen molar-refractivity contribution in [1.82, 2.24) is 0 Å². The minimum Gasteiger partial charge on any atom is -0.366 e. The minimum absolute atomic E-state index is 0.468. The maximum absolute atomic E-state index is 9.69. The van der Waals surface area contributed by atoms with Crippen molar-refractivity contribution in [2.45, 2.75) is 0 Å². The molecule has 0 saturated heterocycles. The Kier molecular flexibility index (Phi) is 2.58. The zero-order valence-electron chi connectivity index (χ0n) is 3.09. The molecule has 0 aliphatic carbocycles. The van der Waals surface area contributed by atoms with Gasteiger partial charge in [0.1, 0.15) is 0 Å². The Hall–Kier alpha value is -0.440. The molecule has 34 valence electrons. The molecule has 0 heterocycles. The summed E-state index contributed by atoms with van der Waals surface area (Å²) in [6.45, 7) is 0. The molecule has 3 heteroatoms. The highest BCUT2D eigenvalue weighted by Gasteiger charge is 1.73. The zero-order valence-corrected chi connectivity index (χ0v) is 3.98. The fourth-order valence-electron chi connectivity index (χ4n) is 0.0735. The average molecular weight is 103 g/mol. The predicted molar refractivity (Wildman–Crippen MR) is 27.3 cm³/mol. The van der Waals surface area contributed by atoms with Crippen LogP contribution in [0.5, 0.6) is 0 Å². The molecule has 0 aromatic rings. The largest absolute Gasteiger partial charge is 0.366 e. The number of primary amides is 1. The number of hydrogen-bond acceptors (Lipinski definition) is 2. The van der Waals surface area contributed by atoms with Crippen LogP contribution >= 0.6 is 12.6 Å². The number of thiol groups is 1.